The molecule has 1 aromatic heterocycles. The summed E-state index contributed by atoms with van der Waals surface area (Å²) in [4.78, 5) is 18.7. The van der Waals surface area contributed by atoms with E-state index in [1.165, 1.54) is 10.6 Å². The maximum absolute atomic E-state index is 12.4. The van der Waals surface area contributed by atoms with Crippen molar-refractivity contribution in [2.45, 2.75) is 13.5 Å². The lowest BCUT2D eigenvalue weighted by molar-refractivity contribution is 0.330. The number of aromatic hydroxyl groups is 1. The van der Waals surface area contributed by atoms with E-state index < -0.39 is 0 Å². The molecule has 1 N–H and O–H groups in total. The largest absolute Gasteiger partial charge is 0.504 e. The second-order valence-electron chi connectivity index (χ2n) is 4.64. The van der Waals surface area contributed by atoms with Crippen molar-refractivity contribution in [3.05, 3.63) is 32.3 Å². The van der Waals surface area contributed by atoms with Crippen LogP contribution in [0.1, 0.15) is 12.7 Å². The molecule has 0 fully saturated rings. The zero-order chi connectivity index (χ0) is 15.0. The van der Waals surface area contributed by atoms with Gasteiger partial charge in [0.15, 0.2) is 5.75 Å². The molecule has 5 nitrogen and oxygen atoms in total. The SMILES string of the molecule is CCN(C)Cc1nc2c(O)c(Cl)cc(Cl)c2c(=O)n1C. The highest BCUT2D eigenvalue weighted by Gasteiger charge is 2.17. The number of phenolic OH excluding ortho intramolecular Hbond substituents is 1. The van der Waals surface area contributed by atoms with Crippen LogP contribution in [0.3, 0.4) is 0 Å². The molecule has 1 aromatic carbocycles. The molecule has 0 unspecified atom stereocenters. The molecule has 1 heterocycles. The summed E-state index contributed by atoms with van der Waals surface area (Å²) in [6.07, 6.45) is 0. The first-order valence-electron chi connectivity index (χ1n) is 6.12. The number of aromatic nitrogens is 2. The van der Waals surface area contributed by atoms with Crippen LogP contribution in [0.15, 0.2) is 10.9 Å². The van der Waals surface area contributed by atoms with Crippen LogP contribution in [-0.4, -0.2) is 33.1 Å². The molecule has 108 valence electrons. The number of nitrogens with zero attached hydrogens (tertiary/aromatic N) is 3. The van der Waals surface area contributed by atoms with E-state index in [4.69, 9.17) is 23.2 Å². The maximum atomic E-state index is 12.4. The molecular formula is C13H15Cl2N3O2. The molecule has 7 heteroatoms. The van der Waals surface area contributed by atoms with Crippen molar-refractivity contribution in [1.29, 1.82) is 0 Å². The fourth-order valence-corrected chi connectivity index (χ4v) is 2.43. The van der Waals surface area contributed by atoms with Crippen LogP contribution in [0.4, 0.5) is 0 Å². The summed E-state index contributed by atoms with van der Waals surface area (Å²) in [7, 11) is 3.55. The van der Waals surface area contributed by atoms with Gasteiger partial charge in [-0.3, -0.25) is 14.3 Å². The van der Waals surface area contributed by atoms with Gasteiger partial charge in [-0.05, 0) is 19.7 Å². The minimum Gasteiger partial charge on any atom is -0.504 e. The summed E-state index contributed by atoms with van der Waals surface area (Å²) < 4.78 is 1.44. The molecular weight excluding hydrogens is 301 g/mol. The van der Waals surface area contributed by atoms with E-state index in [0.29, 0.717) is 12.4 Å². The summed E-state index contributed by atoms with van der Waals surface area (Å²) in [6, 6.07) is 1.35. The van der Waals surface area contributed by atoms with Crippen LogP contribution >= 0.6 is 23.2 Å². The lowest BCUT2D eigenvalue weighted by Gasteiger charge is -2.16. The number of hydrogen-bond donors (Lipinski definition) is 1. The molecule has 0 aliphatic rings. The molecule has 20 heavy (non-hydrogen) atoms. The predicted octanol–water partition coefficient (Wildman–Crippen LogP) is 2.40. The van der Waals surface area contributed by atoms with Crippen molar-refractivity contribution >= 4 is 34.1 Å². The number of benzene rings is 1. The summed E-state index contributed by atoms with van der Waals surface area (Å²) in [5.41, 5.74) is -0.156. The maximum Gasteiger partial charge on any atom is 0.262 e. The summed E-state index contributed by atoms with van der Waals surface area (Å²) in [5.74, 6) is 0.324. The van der Waals surface area contributed by atoms with E-state index in [-0.39, 0.29) is 32.3 Å². The zero-order valence-corrected chi connectivity index (χ0v) is 13.0. The zero-order valence-electron chi connectivity index (χ0n) is 11.4. The first-order valence-corrected chi connectivity index (χ1v) is 6.87. The van der Waals surface area contributed by atoms with Crippen LogP contribution in [0, 0.1) is 0 Å². The van der Waals surface area contributed by atoms with Crippen LogP contribution in [-0.2, 0) is 13.6 Å². The van der Waals surface area contributed by atoms with Crippen molar-refractivity contribution in [2.75, 3.05) is 13.6 Å². The van der Waals surface area contributed by atoms with Gasteiger partial charge in [0.2, 0.25) is 0 Å². The van der Waals surface area contributed by atoms with Crippen molar-refractivity contribution < 1.29 is 5.11 Å². The van der Waals surface area contributed by atoms with Gasteiger partial charge in [0, 0.05) is 7.05 Å². The second-order valence-corrected chi connectivity index (χ2v) is 5.45. The van der Waals surface area contributed by atoms with E-state index in [0.717, 1.165) is 6.54 Å². The van der Waals surface area contributed by atoms with Gasteiger partial charge >= 0.3 is 0 Å². The molecule has 0 amide bonds. The van der Waals surface area contributed by atoms with Gasteiger partial charge < -0.3 is 5.11 Å². The molecule has 0 radical (unpaired) electrons. The Labute approximate surface area is 126 Å². The topological polar surface area (TPSA) is 58.4 Å². The highest BCUT2D eigenvalue weighted by molar-refractivity contribution is 6.39. The summed E-state index contributed by atoms with van der Waals surface area (Å²) in [5, 5.41) is 10.4. The Morgan fingerprint density at radius 3 is 2.65 bits per heavy atom. The average molecular weight is 316 g/mol. The normalized spacial score (nSPS) is 11.5. The fourth-order valence-electron chi connectivity index (χ4n) is 1.89. The predicted molar refractivity (Wildman–Crippen MR) is 80.7 cm³/mol. The highest BCUT2D eigenvalue weighted by Crippen LogP contribution is 2.34. The van der Waals surface area contributed by atoms with Crippen LogP contribution < -0.4 is 5.56 Å². The van der Waals surface area contributed by atoms with E-state index >= 15 is 0 Å². The Morgan fingerprint density at radius 1 is 1.40 bits per heavy atom. The lowest BCUT2D eigenvalue weighted by atomic mass is 10.2. The highest BCUT2D eigenvalue weighted by atomic mass is 35.5. The Kier molecular flexibility index (Phi) is 4.22. The Morgan fingerprint density at radius 2 is 2.05 bits per heavy atom. The van der Waals surface area contributed by atoms with E-state index in [2.05, 4.69) is 4.98 Å². The van der Waals surface area contributed by atoms with Crippen molar-refractivity contribution in [1.82, 2.24) is 14.5 Å². The summed E-state index contributed by atoms with van der Waals surface area (Å²) >= 11 is 11.9. The van der Waals surface area contributed by atoms with Gasteiger partial charge in [-0.2, -0.15) is 0 Å². The number of fused-ring (bicyclic) bond motifs is 1. The fraction of sp³-hybridized carbons (Fsp3) is 0.385. The third kappa shape index (κ3) is 2.49. The Hall–Kier alpha value is -1.30. The monoisotopic (exact) mass is 315 g/mol. The molecule has 0 bridgehead atoms. The third-order valence-electron chi connectivity index (χ3n) is 3.28. The minimum atomic E-state index is -0.300. The molecule has 0 spiro atoms. The van der Waals surface area contributed by atoms with Crippen LogP contribution in [0.25, 0.3) is 10.9 Å². The van der Waals surface area contributed by atoms with Crippen LogP contribution in [0.5, 0.6) is 5.75 Å². The van der Waals surface area contributed by atoms with Crippen molar-refractivity contribution in [3.8, 4) is 5.75 Å². The second kappa shape index (κ2) is 5.60. The number of rotatable bonds is 3. The molecule has 0 saturated heterocycles. The smallest absolute Gasteiger partial charge is 0.262 e. The summed E-state index contributed by atoms with van der Waals surface area (Å²) in [6.45, 7) is 3.31. The van der Waals surface area contributed by atoms with E-state index in [1.54, 1.807) is 7.05 Å². The molecule has 0 atom stereocenters. The molecule has 0 aliphatic carbocycles. The van der Waals surface area contributed by atoms with E-state index in [1.807, 2.05) is 18.9 Å². The van der Waals surface area contributed by atoms with Gasteiger partial charge in [-0.15, -0.1) is 0 Å². The molecule has 0 saturated carbocycles. The molecule has 2 rings (SSSR count). The van der Waals surface area contributed by atoms with E-state index in [9.17, 15) is 9.90 Å². The van der Waals surface area contributed by atoms with Gasteiger partial charge in [0.05, 0.1) is 22.0 Å². The first-order chi connectivity index (χ1) is 9.36. The first kappa shape index (κ1) is 15.1. The van der Waals surface area contributed by atoms with Crippen LogP contribution in [0.2, 0.25) is 10.0 Å². The Bertz CT molecular complexity index is 728. The molecule has 0 aliphatic heterocycles. The minimum absolute atomic E-state index is 0.0815. The number of phenols is 1. The van der Waals surface area contributed by atoms with Gasteiger partial charge in [0.25, 0.3) is 5.56 Å². The van der Waals surface area contributed by atoms with Gasteiger partial charge in [-0.25, -0.2) is 4.98 Å². The van der Waals surface area contributed by atoms with Gasteiger partial charge in [0.1, 0.15) is 11.3 Å². The third-order valence-corrected chi connectivity index (χ3v) is 3.86. The number of hydrogen-bond acceptors (Lipinski definition) is 4. The quantitative estimate of drug-likeness (QED) is 0.945. The lowest BCUT2D eigenvalue weighted by Crippen LogP contribution is -2.27. The Balaban J connectivity index is 2.79. The number of halogens is 2. The molecule has 2 aromatic rings. The standard InChI is InChI=1S/C13H15Cl2N3O2/c1-4-17(2)6-9-16-11-10(13(20)18(9)3)7(14)5-8(15)12(11)19/h5,19H,4,6H2,1-3H3. The van der Waals surface area contributed by atoms with Crippen molar-refractivity contribution in [3.63, 3.8) is 0 Å². The van der Waals surface area contributed by atoms with Crippen molar-refractivity contribution in [2.24, 2.45) is 7.05 Å². The average Bonchev–Trinajstić information content (AvgIpc) is 2.40. The van der Waals surface area contributed by atoms with Gasteiger partial charge in [-0.1, -0.05) is 30.1 Å².